The summed E-state index contributed by atoms with van der Waals surface area (Å²) in [6.45, 7) is 4.21. The minimum Gasteiger partial charge on any atom is -0.394 e. The van der Waals surface area contributed by atoms with E-state index >= 15 is 0 Å². The molecule has 3 heteroatoms. The van der Waals surface area contributed by atoms with Crippen LogP contribution in [-0.4, -0.2) is 17.8 Å². The third kappa shape index (κ3) is 3.29. The predicted octanol–water partition coefficient (Wildman–Crippen LogP) is 2.37. The van der Waals surface area contributed by atoms with E-state index in [1.807, 2.05) is 24.3 Å². The van der Waals surface area contributed by atoms with Gasteiger partial charge in [-0.3, -0.25) is 0 Å². The summed E-state index contributed by atoms with van der Waals surface area (Å²) in [5, 5.41) is 13.2. The van der Waals surface area contributed by atoms with Crippen LogP contribution in [-0.2, 0) is 0 Å². The van der Waals surface area contributed by atoms with Gasteiger partial charge in [-0.05, 0) is 17.7 Å². The minimum absolute atomic E-state index is 0.00716. The molecule has 0 aromatic heterocycles. The summed E-state index contributed by atoms with van der Waals surface area (Å²) in [4.78, 5) is 0. The Morgan fingerprint density at radius 1 is 1.29 bits per heavy atom. The number of nitrogens with one attached hydrogen (secondary N) is 1. The molecule has 0 aliphatic carbocycles. The van der Waals surface area contributed by atoms with Gasteiger partial charge in [0.25, 0.3) is 0 Å². The molecule has 0 radical (unpaired) electrons. The van der Waals surface area contributed by atoms with Crippen LogP contribution in [0, 0.1) is 0 Å². The zero-order valence-corrected chi connectivity index (χ0v) is 9.25. The van der Waals surface area contributed by atoms with E-state index in [0.29, 0.717) is 6.04 Å². The van der Waals surface area contributed by atoms with Crippen LogP contribution in [0.5, 0.6) is 0 Å². The summed E-state index contributed by atoms with van der Waals surface area (Å²) in [6.07, 6.45) is 0. The number of rotatable bonds is 4. The highest BCUT2D eigenvalue weighted by Crippen LogP contribution is 2.16. The summed E-state index contributed by atoms with van der Waals surface area (Å²) >= 11 is 5.78. The maximum absolute atomic E-state index is 9.20. The van der Waals surface area contributed by atoms with Crippen molar-refractivity contribution in [1.29, 1.82) is 0 Å². The number of aliphatic hydroxyl groups is 1. The number of aliphatic hydroxyl groups excluding tert-OH is 1. The molecular formula is C11H16ClNO. The van der Waals surface area contributed by atoms with Crippen LogP contribution in [0.4, 0.5) is 0 Å². The van der Waals surface area contributed by atoms with Crippen molar-refractivity contribution < 1.29 is 5.11 Å². The van der Waals surface area contributed by atoms with E-state index in [0.717, 1.165) is 10.6 Å². The molecule has 2 nitrogen and oxygen atoms in total. The highest BCUT2D eigenvalue weighted by molar-refractivity contribution is 6.30. The van der Waals surface area contributed by atoms with E-state index in [9.17, 15) is 5.11 Å². The molecule has 0 saturated heterocycles. The van der Waals surface area contributed by atoms with E-state index in [4.69, 9.17) is 11.6 Å². The van der Waals surface area contributed by atoms with Gasteiger partial charge in [0.05, 0.1) is 12.6 Å². The number of benzene rings is 1. The lowest BCUT2D eigenvalue weighted by Gasteiger charge is -2.19. The first-order valence-electron chi connectivity index (χ1n) is 4.76. The molecule has 14 heavy (non-hydrogen) atoms. The quantitative estimate of drug-likeness (QED) is 0.805. The molecule has 1 atom stereocenters. The fourth-order valence-corrected chi connectivity index (χ4v) is 1.48. The van der Waals surface area contributed by atoms with Gasteiger partial charge in [0.15, 0.2) is 0 Å². The first kappa shape index (κ1) is 11.5. The van der Waals surface area contributed by atoms with Gasteiger partial charge in [-0.15, -0.1) is 0 Å². The monoisotopic (exact) mass is 213 g/mol. The zero-order chi connectivity index (χ0) is 10.6. The predicted molar refractivity (Wildman–Crippen MR) is 59.6 cm³/mol. The van der Waals surface area contributed by atoms with Gasteiger partial charge < -0.3 is 10.4 Å². The van der Waals surface area contributed by atoms with Crippen molar-refractivity contribution in [3.05, 3.63) is 34.9 Å². The molecule has 0 bridgehead atoms. The van der Waals surface area contributed by atoms with Crippen LogP contribution < -0.4 is 5.32 Å². The second-order valence-electron chi connectivity index (χ2n) is 3.61. The molecule has 0 saturated carbocycles. The second kappa shape index (κ2) is 5.35. The fourth-order valence-electron chi connectivity index (χ4n) is 1.35. The Balaban J connectivity index is 2.73. The van der Waals surface area contributed by atoms with Crippen molar-refractivity contribution in [1.82, 2.24) is 5.32 Å². The normalized spacial score (nSPS) is 13.2. The first-order chi connectivity index (χ1) is 6.63. The molecular weight excluding hydrogens is 198 g/mol. The van der Waals surface area contributed by atoms with E-state index in [-0.39, 0.29) is 12.6 Å². The first-order valence-corrected chi connectivity index (χ1v) is 5.13. The van der Waals surface area contributed by atoms with Crippen molar-refractivity contribution in [3.63, 3.8) is 0 Å². The summed E-state index contributed by atoms with van der Waals surface area (Å²) in [6, 6.07) is 7.87. The van der Waals surface area contributed by atoms with Gasteiger partial charge in [-0.2, -0.15) is 0 Å². The van der Waals surface area contributed by atoms with Crippen LogP contribution in [0.3, 0.4) is 0 Å². The molecule has 0 aliphatic rings. The Morgan fingerprint density at radius 2 is 1.86 bits per heavy atom. The van der Waals surface area contributed by atoms with Crippen molar-refractivity contribution in [2.75, 3.05) is 6.61 Å². The van der Waals surface area contributed by atoms with Gasteiger partial charge in [0.1, 0.15) is 0 Å². The van der Waals surface area contributed by atoms with E-state index < -0.39 is 0 Å². The Kier molecular flexibility index (Phi) is 4.39. The van der Waals surface area contributed by atoms with Gasteiger partial charge >= 0.3 is 0 Å². The van der Waals surface area contributed by atoms with Crippen molar-refractivity contribution in [2.24, 2.45) is 0 Å². The van der Waals surface area contributed by atoms with E-state index in [1.54, 1.807) is 0 Å². The minimum atomic E-state index is -0.00716. The summed E-state index contributed by atoms with van der Waals surface area (Å²) in [5.41, 5.74) is 1.06. The average molecular weight is 214 g/mol. The lowest BCUT2D eigenvalue weighted by Crippen LogP contribution is -2.30. The van der Waals surface area contributed by atoms with E-state index in [2.05, 4.69) is 19.2 Å². The largest absolute Gasteiger partial charge is 0.394 e. The Bertz CT molecular complexity index is 271. The Hall–Kier alpha value is -0.570. The van der Waals surface area contributed by atoms with Gasteiger partial charge in [-0.1, -0.05) is 37.6 Å². The smallest absolute Gasteiger partial charge is 0.0626 e. The lowest BCUT2D eigenvalue weighted by atomic mass is 10.1. The molecule has 1 aromatic carbocycles. The number of hydrogen-bond donors (Lipinski definition) is 2. The molecule has 0 aliphatic heterocycles. The third-order valence-electron chi connectivity index (χ3n) is 1.99. The average Bonchev–Trinajstić information content (AvgIpc) is 2.15. The summed E-state index contributed by atoms with van der Waals surface area (Å²) in [5.74, 6) is 0. The van der Waals surface area contributed by atoms with Crippen molar-refractivity contribution in [2.45, 2.75) is 25.9 Å². The van der Waals surface area contributed by atoms with Crippen molar-refractivity contribution >= 4 is 11.6 Å². The molecule has 0 fully saturated rings. The topological polar surface area (TPSA) is 32.3 Å². The van der Waals surface area contributed by atoms with Crippen LogP contribution in [0.25, 0.3) is 0 Å². The molecule has 0 unspecified atom stereocenters. The van der Waals surface area contributed by atoms with E-state index in [1.165, 1.54) is 0 Å². The van der Waals surface area contributed by atoms with Gasteiger partial charge in [0.2, 0.25) is 0 Å². The summed E-state index contributed by atoms with van der Waals surface area (Å²) in [7, 11) is 0. The van der Waals surface area contributed by atoms with Crippen molar-refractivity contribution in [3.8, 4) is 0 Å². The van der Waals surface area contributed by atoms with Crippen LogP contribution in [0.15, 0.2) is 24.3 Å². The van der Waals surface area contributed by atoms with Gasteiger partial charge in [-0.25, -0.2) is 0 Å². The molecule has 78 valence electrons. The molecule has 0 spiro atoms. The molecule has 0 heterocycles. The molecule has 1 rings (SSSR count). The zero-order valence-electron chi connectivity index (χ0n) is 8.50. The number of halogens is 1. The lowest BCUT2D eigenvalue weighted by molar-refractivity contribution is 0.237. The van der Waals surface area contributed by atoms with Gasteiger partial charge in [0, 0.05) is 11.1 Å². The SMILES string of the molecule is CC(C)N[C@H](CO)c1ccc(Cl)cc1. The molecule has 0 amide bonds. The maximum Gasteiger partial charge on any atom is 0.0626 e. The highest BCUT2D eigenvalue weighted by Gasteiger charge is 2.10. The Morgan fingerprint density at radius 3 is 2.29 bits per heavy atom. The Labute approximate surface area is 89.9 Å². The summed E-state index contributed by atoms with van der Waals surface area (Å²) < 4.78 is 0. The third-order valence-corrected chi connectivity index (χ3v) is 2.24. The fraction of sp³-hybridized carbons (Fsp3) is 0.455. The standard InChI is InChI=1S/C11H16ClNO/c1-8(2)13-11(7-14)9-3-5-10(12)6-4-9/h3-6,8,11,13-14H,7H2,1-2H3/t11-/m1/s1. The van der Waals surface area contributed by atoms with Crippen LogP contribution in [0.1, 0.15) is 25.5 Å². The molecule has 2 N–H and O–H groups in total. The second-order valence-corrected chi connectivity index (χ2v) is 4.04. The highest BCUT2D eigenvalue weighted by atomic mass is 35.5. The molecule has 1 aromatic rings. The van der Waals surface area contributed by atoms with Crippen LogP contribution in [0.2, 0.25) is 5.02 Å². The number of hydrogen-bond acceptors (Lipinski definition) is 2. The van der Waals surface area contributed by atoms with Crippen LogP contribution >= 0.6 is 11.6 Å². The maximum atomic E-state index is 9.20.